The number of halogens is 1. The third-order valence-electron chi connectivity index (χ3n) is 3.91. The van der Waals surface area contributed by atoms with E-state index in [1.165, 1.54) is 5.56 Å². The quantitative estimate of drug-likeness (QED) is 0.695. The fourth-order valence-corrected chi connectivity index (χ4v) is 3.05. The Bertz CT molecular complexity index is 830. The van der Waals surface area contributed by atoms with Gasteiger partial charge in [0.05, 0.1) is 17.8 Å². The molecular formula is C18H15ClN2O. The van der Waals surface area contributed by atoms with Gasteiger partial charge in [-0.15, -0.1) is 0 Å². The predicted octanol–water partition coefficient (Wildman–Crippen LogP) is 4.80. The van der Waals surface area contributed by atoms with Crippen LogP contribution in [0, 0.1) is 0 Å². The van der Waals surface area contributed by atoms with E-state index in [2.05, 4.69) is 29.4 Å². The smallest absolute Gasteiger partial charge is 0.139 e. The lowest BCUT2D eigenvalue weighted by Gasteiger charge is -2.06. The molecule has 0 saturated carbocycles. The maximum Gasteiger partial charge on any atom is 0.139 e. The second kappa shape index (κ2) is 5.50. The zero-order valence-corrected chi connectivity index (χ0v) is 12.8. The van der Waals surface area contributed by atoms with Gasteiger partial charge in [0.2, 0.25) is 0 Å². The highest BCUT2D eigenvalue weighted by molar-refractivity contribution is 6.30. The van der Waals surface area contributed by atoms with E-state index in [1.807, 2.05) is 29.1 Å². The zero-order chi connectivity index (χ0) is 14.9. The molecule has 3 aromatic rings. The van der Waals surface area contributed by atoms with Crippen molar-refractivity contribution in [1.82, 2.24) is 9.78 Å². The molecule has 2 aromatic heterocycles. The summed E-state index contributed by atoms with van der Waals surface area (Å²) >= 11 is 5.98. The van der Waals surface area contributed by atoms with E-state index in [-0.39, 0.29) is 0 Å². The molecular weight excluding hydrogens is 296 g/mol. The Morgan fingerprint density at radius 2 is 2.09 bits per heavy atom. The Balaban J connectivity index is 1.84. The van der Waals surface area contributed by atoms with Crippen molar-refractivity contribution in [2.24, 2.45) is 0 Å². The van der Waals surface area contributed by atoms with Gasteiger partial charge < -0.3 is 4.42 Å². The molecule has 22 heavy (non-hydrogen) atoms. The van der Waals surface area contributed by atoms with Gasteiger partial charge in [-0.1, -0.05) is 54.1 Å². The van der Waals surface area contributed by atoms with E-state index in [1.54, 1.807) is 6.20 Å². The molecule has 0 saturated heterocycles. The number of aryl methyl sites for hydroxylation is 1. The van der Waals surface area contributed by atoms with Crippen molar-refractivity contribution >= 4 is 17.7 Å². The number of furan rings is 1. The highest BCUT2D eigenvalue weighted by Crippen LogP contribution is 2.35. The summed E-state index contributed by atoms with van der Waals surface area (Å²) in [5.41, 5.74) is 3.45. The minimum atomic E-state index is 0.647. The van der Waals surface area contributed by atoms with E-state index < -0.39 is 0 Å². The first-order valence-electron chi connectivity index (χ1n) is 7.36. The highest BCUT2D eigenvalue weighted by atomic mass is 35.5. The van der Waals surface area contributed by atoms with Crippen LogP contribution in [0.5, 0.6) is 0 Å². The van der Waals surface area contributed by atoms with Gasteiger partial charge in [-0.3, -0.25) is 4.68 Å². The molecule has 0 aliphatic heterocycles. The van der Waals surface area contributed by atoms with Gasteiger partial charge >= 0.3 is 0 Å². The molecule has 0 unspecified atom stereocenters. The Labute approximate surface area is 133 Å². The van der Waals surface area contributed by atoms with Gasteiger partial charge in [0.15, 0.2) is 0 Å². The van der Waals surface area contributed by atoms with Gasteiger partial charge in [-0.05, 0) is 6.42 Å². The van der Waals surface area contributed by atoms with Crippen molar-refractivity contribution in [3.8, 4) is 11.3 Å². The number of benzene rings is 1. The summed E-state index contributed by atoms with van der Waals surface area (Å²) in [6, 6.07) is 10.2. The Kier molecular flexibility index (Phi) is 3.35. The Morgan fingerprint density at radius 3 is 2.86 bits per heavy atom. The van der Waals surface area contributed by atoms with E-state index in [4.69, 9.17) is 16.0 Å². The fraction of sp³-hybridized carbons (Fsp3) is 0.167. The third kappa shape index (κ3) is 2.38. The molecule has 1 aliphatic rings. The number of hydrogen-bond donors (Lipinski definition) is 0. The van der Waals surface area contributed by atoms with Crippen molar-refractivity contribution in [2.75, 3.05) is 0 Å². The Hall–Kier alpha value is -2.26. The van der Waals surface area contributed by atoms with Gasteiger partial charge in [-0.25, -0.2) is 0 Å². The summed E-state index contributed by atoms with van der Waals surface area (Å²) < 4.78 is 8.03. The van der Waals surface area contributed by atoms with Crippen LogP contribution in [0.3, 0.4) is 0 Å². The molecule has 0 fully saturated rings. The lowest BCUT2D eigenvalue weighted by atomic mass is 9.99. The number of allylic oxidation sites excluding steroid dienone is 1. The lowest BCUT2D eigenvalue weighted by Crippen LogP contribution is -2.02. The largest absolute Gasteiger partial charge is 0.460 e. The van der Waals surface area contributed by atoms with Crippen LogP contribution in [0.4, 0.5) is 0 Å². The molecule has 3 nitrogen and oxygen atoms in total. The summed E-state index contributed by atoms with van der Waals surface area (Å²) in [6.45, 7) is 0.653. The molecule has 1 aliphatic carbocycles. The minimum Gasteiger partial charge on any atom is -0.460 e. The van der Waals surface area contributed by atoms with E-state index in [9.17, 15) is 0 Å². The van der Waals surface area contributed by atoms with Crippen LogP contribution in [-0.2, 0) is 13.0 Å². The molecule has 0 amide bonds. The van der Waals surface area contributed by atoms with E-state index in [0.717, 1.165) is 35.5 Å². The topological polar surface area (TPSA) is 31.0 Å². The monoisotopic (exact) mass is 310 g/mol. The predicted molar refractivity (Wildman–Crippen MR) is 87.8 cm³/mol. The third-order valence-corrected chi connectivity index (χ3v) is 4.10. The van der Waals surface area contributed by atoms with Crippen LogP contribution in [0.2, 0.25) is 5.02 Å². The maximum atomic E-state index is 6.18. The average molecular weight is 311 g/mol. The fourth-order valence-electron chi connectivity index (χ4n) is 2.89. The normalized spacial score (nSPS) is 13.3. The number of nitrogens with zero attached hydrogens (tertiary/aromatic N) is 2. The summed E-state index contributed by atoms with van der Waals surface area (Å²) in [6.07, 6.45) is 9.84. The van der Waals surface area contributed by atoms with Gasteiger partial charge in [0.1, 0.15) is 11.5 Å². The first-order chi connectivity index (χ1) is 10.8. The second-order valence-electron chi connectivity index (χ2n) is 5.41. The van der Waals surface area contributed by atoms with Crippen LogP contribution >= 0.6 is 11.6 Å². The standard InChI is InChI=1S/C18H15ClN2O/c19-14-10-20-21(11-14)12-16-15-8-4-5-9-17(15)22-18(16)13-6-2-1-3-7-13/h1-4,6-8,10-11H,5,9,12H2. The molecule has 0 spiro atoms. The summed E-state index contributed by atoms with van der Waals surface area (Å²) in [5, 5.41) is 4.94. The maximum absolute atomic E-state index is 6.18. The molecule has 0 N–H and O–H groups in total. The van der Waals surface area contributed by atoms with Crippen LogP contribution in [0.25, 0.3) is 17.4 Å². The van der Waals surface area contributed by atoms with Crippen molar-refractivity contribution in [1.29, 1.82) is 0 Å². The van der Waals surface area contributed by atoms with Crippen LogP contribution in [-0.4, -0.2) is 9.78 Å². The lowest BCUT2D eigenvalue weighted by molar-refractivity contribution is 0.518. The first-order valence-corrected chi connectivity index (χ1v) is 7.73. The average Bonchev–Trinajstić information content (AvgIpc) is 3.13. The first kappa shape index (κ1) is 13.4. The second-order valence-corrected chi connectivity index (χ2v) is 5.85. The van der Waals surface area contributed by atoms with E-state index >= 15 is 0 Å². The van der Waals surface area contributed by atoms with Crippen molar-refractivity contribution in [3.63, 3.8) is 0 Å². The minimum absolute atomic E-state index is 0.647. The highest BCUT2D eigenvalue weighted by Gasteiger charge is 2.21. The van der Waals surface area contributed by atoms with Crippen LogP contribution < -0.4 is 0 Å². The SMILES string of the molecule is Clc1cnn(Cc2c(-c3ccccc3)oc3c2C=CCC3)c1. The number of hydrogen-bond acceptors (Lipinski definition) is 2. The van der Waals surface area contributed by atoms with Crippen molar-refractivity contribution < 1.29 is 4.42 Å². The molecule has 4 rings (SSSR count). The van der Waals surface area contributed by atoms with E-state index in [0.29, 0.717) is 11.6 Å². The van der Waals surface area contributed by atoms with Crippen LogP contribution in [0.1, 0.15) is 23.3 Å². The summed E-state index contributed by atoms with van der Waals surface area (Å²) in [7, 11) is 0. The molecule has 4 heteroatoms. The van der Waals surface area contributed by atoms with Gasteiger partial charge in [0.25, 0.3) is 0 Å². The molecule has 1 aromatic carbocycles. The Morgan fingerprint density at radius 1 is 1.23 bits per heavy atom. The molecule has 0 bridgehead atoms. The molecule has 2 heterocycles. The molecule has 0 atom stereocenters. The summed E-state index contributed by atoms with van der Waals surface area (Å²) in [4.78, 5) is 0. The zero-order valence-electron chi connectivity index (χ0n) is 12.0. The number of aromatic nitrogens is 2. The van der Waals surface area contributed by atoms with Crippen LogP contribution in [0.15, 0.2) is 53.2 Å². The molecule has 110 valence electrons. The van der Waals surface area contributed by atoms with Gasteiger partial charge in [0, 0.05) is 29.3 Å². The van der Waals surface area contributed by atoms with Crippen molar-refractivity contribution in [2.45, 2.75) is 19.4 Å². The van der Waals surface area contributed by atoms with Gasteiger partial charge in [-0.2, -0.15) is 5.10 Å². The molecule has 0 radical (unpaired) electrons. The number of fused-ring (bicyclic) bond motifs is 1. The van der Waals surface area contributed by atoms with Crippen molar-refractivity contribution in [3.05, 3.63) is 70.7 Å². The number of rotatable bonds is 3. The summed E-state index contributed by atoms with van der Waals surface area (Å²) in [5.74, 6) is 2.00.